The van der Waals surface area contributed by atoms with E-state index in [1.807, 2.05) is 20.8 Å². The zero-order valence-corrected chi connectivity index (χ0v) is 21.9. The van der Waals surface area contributed by atoms with Gasteiger partial charge in [0.05, 0.1) is 30.6 Å². The van der Waals surface area contributed by atoms with Crippen LogP contribution in [0.5, 0.6) is 0 Å². The van der Waals surface area contributed by atoms with Gasteiger partial charge in [-0.3, -0.25) is 14.4 Å². The van der Waals surface area contributed by atoms with Crippen LogP contribution in [0.3, 0.4) is 0 Å². The molecule has 3 fully saturated rings. The number of likely N-dealkylation sites (tertiary alicyclic amines) is 1. The van der Waals surface area contributed by atoms with Gasteiger partial charge < -0.3 is 25.4 Å². The third kappa shape index (κ3) is 4.57. The summed E-state index contributed by atoms with van der Waals surface area (Å²) in [4.78, 5) is 42.1. The van der Waals surface area contributed by atoms with Crippen molar-refractivity contribution in [1.82, 2.24) is 15.5 Å². The van der Waals surface area contributed by atoms with Gasteiger partial charge in [-0.1, -0.05) is 62.9 Å². The lowest BCUT2D eigenvalue weighted by Crippen LogP contribution is -2.59. The van der Waals surface area contributed by atoms with E-state index in [0.717, 1.165) is 32.1 Å². The molecule has 0 aliphatic carbocycles. The summed E-state index contributed by atoms with van der Waals surface area (Å²) in [7, 11) is 0. The first kappa shape index (κ1) is 26.4. The molecule has 8 nitrogen and oxygen atoms in total. The number of aliphatic hydroxyl groups excluding tert-OH is 1. The summed E-state index contributed by atoms with van der Waals surface area (Å²) >= 11 is 3.67. The van der Waals surface area contributed by atoms with Gasteiger partial charge in [0.15, 0.2) is 0 Å². The molecule has 3 N–H and O–H groups in total. The van der Waals surface area contributed by atoms with Crippen molar-refractivity contribution in [3.8, 4) is 0 Å². The standard InChI is InChI=1S/C24H40BrN3O5/c1-5-8-9-11-27-22(31)20-24-12-15(25)19(33-24)17(21(30)26-10-6-2)18(24)23(32)28(20)16(13-29)14(4)7-3/h14-20,29H,5-13H2,1-4H3,(H,26,30)(H,27,31)/t14-,15?,16-,17+,18-,19+,20?,24?/m0/s1. The minimum atomic E-state index is -1.07. The van der Waals surface area contributed by atoms with Crippen LogP contribution in [0.1, 0.15) is 66.2 Å². The van der Waals surface area contributed by atoms with Crippen LogP contribution in [-0.2, 0) is 19.1 Å². The van der Waals surface area contributed by atoms with Crippen molar-refractivity contribution in [2.75, 3.05) is 19.7 Å². The highest BCUT2D eigenvalue weighted by Crippen LogP contribution is 2.60. The zero-order valence-electron chi connectivity index (χ0n) is 20.3. The number of carbonyl (C=O) groups excluding carboxylic acids is 3. The van der Waals surface area contributed by atoms with Crippen molar-refractivity contribution in [2.24, 2.45) is 17.8 Å². The van der Waals surface area contributed by atoms with Crippen molar-refractivity contribution in [1.29, 1.82) is 0 Å². The minimum Gasteiger partial charge on any atom is -0.394 e. The van der Waals surface area contributed by atoms with Gasteiger partial charge in [-0.2, -0.15) is 0 Å². The van der Waals surface area contributed by atoms with E-state index >= 15 is 0 Å². The molecule has 188 valence electrons. The lowest BCUT2D eigenvalue weighted by atomic mass is 9.70. The molecule has 0 aromatic heterocycles. The fraction of sp³-hybridized carbons (Fsp3) is 0.875. The Bertz CT molecular complexity index is 737. The Balaban J connectivity index is 1.99. The van der Waals surface area contributed by atoms with E-state index in [-0.39, 0.29) is 35.1 Å². The lowest BCUT2D eigenvalue weighted by molar-refractivity contribution is -0.147. The topological polar surface area (TPSA) is 108 Å². The van der Waals surface area contributed by atoms with Gasteiger partial charge in [0, 0.05) is 17.9 Å². The quantitative estimate of drug-likeness (QED) is 0.264. The molecular formula is C24H40BrN3O5. The number of amides is 3. The Morgan fingerprint density at radius 3 is 2.48 bits per heavy atom. The molecule has 3 rings (SSSR count). The van der Waals surface area contributed by atoms with E-state index in [2.05, 4.69) is 33.5 Å². The van der Waals surface area contributed by atoms with Gasteiger partial charge in [-0.15, -0.1) is 0 Å². The Hall–Kier alpha value is -1.19. The summed E-state index contributed by atoms with van der Waals surface area (Å²) in [5.41, 5.74) is -1.07. The second-order valence-electron chi connectivity index (χ2n) is 9.83. The van der Waals surface area contributed by atoms with Crippen molar-refractivity contribution < 1.29 is 24.2 Å². The molecule has 3 heterocycles. The van der Waals surface area contributed by atoms with Crippen LogP contribution in [0.15, 0.2) is 0 Å². The van der Waals surface area contributed by atoms with Crippen LogP contribution < -0.4 is 10.6 Å². The summed E-state index contributed by atoms with van der Waals surface area (Å²) in [6.07, 6.45) is 4.48. The first-order valence-electron chi connectivity index (χ1n) is 12.6. The third-order valence-electron chi connectivity index (χ3n) is 7.75. The maximum absolute atomic E-state index is 13.9. The minimum absolute atomic E-state index is 0.00565. The molecule has 3 aliphatic heterocycles. The number of aliphatic hydroxyl groups is 1. The van der Waals surface area contributed by atoms with Crippen LogP contribution in [0, 0.1) is 17.8 Å². The van der Waals surface area contributed by atoms with Gasteiger partial charge in [0.2, 0.25) is 17.7 Å². The largest absolute Gasteiger partial charge is 0.394 e. The van der Waals surface area contributed by atoms with Gasteiger partial charge in [0.25, 0.3) is 0 Å². The maximum atomic E-state index is 13.9. The van der Waals surface area contributed by atoms with E-state index < -0.39 is 35.6 Å². The van der Waals surface area contributed by atoms with Gasteiger partial charge in [-0.25, -0.2) is 0 Å². The predicted octanol–water partition coefficient (Wildman–Crippen LogP) is 1.97. The average molecular weight is 531 g/mol. The Labute approximate surface area is 205 Å². The van der Waals surface area contributed by atoms with Gasteiger partial charge in [-0.05, 0) is 25.2 Å². The van der Waals surface area contributed by atoms with E-state index in [1.54, 1.807) is 4.90 Å². The molecule has 8 atom stereocenters. The Kier molecular flexibility index (Phi) is 8.83. The van der Waals surface area contributed by atoms with Crippen LogP contribution >= 0.6 is 15.9 Å². The van der Waals surface area contributed by atoms with Crippen molar-refractivity contribution in [3.63, 3.8) is 0 Å². The summed E-state index contributed by atoms with van der Waals surface area (Å²) in [6, 6.07) is -1.37. The smallest absolute Gasteiger partial charge is 0.245 e. The summed E-state index contributed by atoms with van der Waals surface area (Å²) in [5, 5.41) is 16.2. The number of alkyl halides is 1. The van der Waals surface area contributed by atoms with E-state index in [0.29, 0.717) is 19.5 Å². The van der Waals surface area contributed by atoms with Crippen molar-refractivity contribution in [3.05, 3.63) is 0 Å². The van der Waals surface area contributed by atoms with E-state index in [9.17, 15) is 19.5 Å². The third-order valence-corrected chi connectivity index (χ3v) is 8.60. The van der Waals surface area contributed by atoms with Gasteiger partial charge in [0.1, 0.15) is 11.6 Å². The average Bonchev–Trinajstić information content (AvgIpc) is 3.39. The first-order chi connectivity index (χ1) is 15.8. The maximum Gasteiger partial charge on any atom is 0.245 e. The lowest BCUT2D eigenvalue weighted by Gasteiger charge is -2.38. The van der Waals surface area contributed by atoms with Crippen LogP contribution in [0.25, 0.3) is 0 Å². The van der Waals surface area contributed by atoms with Crippen LogP contribution in [0.4, 0.5) is 0 Å². The van der Waals surface area contributed by atoms with Gasteiger partial charge >= 0.3 is 0 Å². The first-order valence-corrected chi connectivity index (χ1v) is 13.5. The second-order valence-corrected chi connectivity index (χ2v) is 11.0. The molecule has 1 spiro atoms. The number of unbranched alkanes of at least 4 members (excludes halogenated alkanes) is 2. The normalized spacial score (nSPS) is 34.3. The summed E-state index contributed by atoms with van der Waals surface area (Å²) in [6.45, 7) is 8.88. The number of fused-ring (bicyclic) bond motifs is 1. The molecular weight excluding hydrogens is 490 g/mol. The number of ether oxygens (including phenoxy) is 1. The number of halogens is 1. The Morgan fingerprint density at radius 2 is 1.88 bits per heavy atom. The molecule has 0 aromatic rings. The van der Waals surface area contributed by atoms with Crippen molar-refractivity contribution in [2.45, 2.75) is 94.8 Å². The highest BCUT2D eigenvalue weighted by atomic mass is 79.9. The molecule has 3 unspecified atom stereocenters. The monoisotopic (exact) mass is 529 g/mol. The highest BCUT2D eigenvalue weighted by Gasteiger charge is 2.77. The number of carbonyl (C=O) groups is 3. The summed E-state index contributed by atoms with van der Waals surface area (Å²) in [5.74, 6) is -2.08. The zero-order chi connectivity index (χ0) is 24.3. The SMILES string of the molecule is CCCCCNC(=O)C1N([C@@H](CO)[C@@H](C)CC)C(=O)[C@@H]2[C@@H](C(=O)NCCC)[C@@H]3OC12CC3Br. The molecule has 0 aromatic carbocycles. The molecule has 0 saturated carbocycles. The highest BCUT2D eigenvalue weighted by molar-refractivity contribution is 9.09. The molecule has 3 amide bonds. The molecule has 33 heavy (non-hydrogen) atoms. The van der Waals surface area contributed by atoms with Crippen LogP contribution in [-0.4, -0.2) is 76.0 Å². The molecule has 9 heteroatoms. The molecule has 3 aliphatic rings. The second kappa shape index (κ2) is 11.0. The number of hydrogen-bond acceptors (Lipinski definition) is 5. The predicted molar refractivity (Wildman–Crippen MR) is 129 cm³/mol. The number of hydrogen-bond donors (Lipinski definition) is 3. The van der Waals surface area contributed by atoms with E-state index in [1.165, 1.54) is 0 Å². The molecule has 2 bridgehead atoms. The molecule has 3 saturated heterocycles. The van der Waals surface area contributed by atoms with E-state index in [4.69, 9.17) is 4.74 Å². The van der Waals surface area contributed by atoms with Crippen molar-refractivity contribution >= 4 is 33.7 Å². The van der Waals surface area contributed by atoms with Crippen LogP contribution in [0.2, 0.25) is 0 Å². The number of rotatable bonds is 12. The fourth-order valence-corrected chi connectivity index (χ4v) is 6.83. The molecule has 0 radical (unpaired) electrons. The number of nitrogens with zero attached hydrogens (tertiary/aromatic N) is 1. The summed E-state index contributed by atoms with van der Waals surface area (Å²) < 4.78 is 6.47. The number of nitrogens with one attached hydrogen (secondary N) is 2. The fourth-order valence-electron chi connectivity index (χ4n) is 5.89. The Morgan fingerprint density at radius 1 is 1.18 bits per heavy atom.